The fourth-order valence-electron chi connectivity index (χ4n) is 4.09. The fourth-order valence-corrected chi connectivity index (χ4v) is 4.09. The first-order valence-electron chi connectivity index (χ1n) is 10.6. The number of hydrogen-bond acceptors (Lipinski definition) is 7. The van der Waals surface area contributed by atoms with Crippen molar-refractivity contribution in [3.05, 3.63) is 61.5 Å². The number of nitrogens with two attached hydrogens (primary N) is 2. The molecule has 4 N–H and O–H groups in total. The summed E-state index contributed by atoms with van der Waals surface area (Å²) in [7, 11) is 0. The lowest BCUT2D eigenvalue weighted by molar-refractivity contribution is -0.124. The zero-order chi connectivity index (χ0) is 24.3. The number of likely N-dealkylation sites (tertiary alicyclic amines) is 1. The summed E-state index contributed by atoms with van der Waals surface area (Å²) in [6, 6.07) is 4.95. The molecule has 1 aromatic heterocycles. The molecule has 2 heterocycles. The quantitative estimate of drug-likeness (QED) is 0.563. The van der Waals surface area contributed by atoms with Crippen molar-refractivity contribution in [2.45, 2.75) is 45.3 Å². The molecule has 1 saturated heterocycles. The summed E-state index contributed by atoms with van der Waals surface area (Å²) in [5, 5.41) is 8.91. The lowest BCUT2D eigenvalue weighted by atomic mass is 10.0. The molecule has 0 radical (unpaired) electrons. The third-order valence-corrected chi connectivity index (χ3v) is 5.86. The molecular formula is C22H25FN6O4. The van der Waals surface area contributed by atoms with Crippen molar-refractivity contribution < 1.29 is 14.0 Å². The molecule has 0 bridgehead atoms. The van der Waals surface area contributed by atoms with Crippen LogP contribution in [0.4, 0.5) is 10.2 Å². The SMILES string of the molecule is CCn1c(=O)c(C(=O)CN2CCCC[C@@H]2C(N)=O)c(N)n(Cc2ccc(C#N)cc2F)c1=O. The molecule has 0 unspecified atom stereocenters. The Kier molecular flexibility index (Phi) is 7.08. The number of carbonyl (C=O) groups is 2. The van der Waals surface area contributed by atoms with Crippen LogP contribution in [0.3, 0.4) is 0 Å². The van der Waals surface area contributed by atoms with Crippen molar-refractivity contribution in [1.82, 2.24) is 14.0 Å². The molecule has 3 rings (SSSR count). The van der Waals surface area contributed by atoms with Crippen molar-refractivity contribution in [3.8, 4) is 6.07 Å². The van der Waals surface area contributed by atoms with Gasteiger partial charge in [-0.25, -0.2) is 9.18 Å². The summed E-state index contributed by atoms with van der Waals surface area (Å²) in [4.78, 5) is 52.3. The molecule has 1 atom stereocenters. The van der Waals surface area contributed by atoms with Gasteiger partial charge in [-0.3, -0.25) is 28.4 Å². The van der Waals surface area contributed by atoms with Crippen molar-refractivity contribution in [2.24, 2.45) is 5.73 Å². The number of nitrogen functional groups attached to an aromatic ring is 1. The van der Waals surface area contributed by atoms with Gasteiger partial charge in [0.2, 0.25) is 5.91 Å². The maximum Gasteiger partial charge on any atom is 0.332 e. The number of Topliss-reactive ketones (excluding diaryl/α,β-unsaturated/α-hetero) is 1. The number of anilines is 1. The number of nitrogens with zero attached hydrogens (tertiary/aromatic N) is 4. The summed E-state index contributed by atoms with van der Waals surface area (Å²) in [5.74, 6) is -2.30. The van der Waals surface area contributed by atoms with Crippen LogP contribution in [-0.2, 0) is 17.9 Å². The van der Waals surface area contributed by atoms with Crippen LogP contribution in [0.25, 0.3) is 0 Å². The number of piperidine rings is 1. The van der Waals surface area contributed by atoms with E-state index in [1.165, 1.54) is 12.1 Å². The van der Waals surface area contributed by atoms with Gasteiger partial charge in [-0.2, -0.15) is 5.26 Å². The van der Waals surface area contributed by atoms with Gasteiger partial charge in [0, 0.05) is 12.1 Å². The van der Waals surface area contributed by atoms with E-state index >= 15 is 0 Å². The third kappa shape index (κ3) is 4.70. The van der Waals surface area contributed by atoms with Gasteiger partial charge in [0.15, 0.2) is 5.78 Å². The van der Waals surface area contributed by atoms with Crippen molar-refractivity contribution in [2.75, 3.05) is 18.8 Å². The first-order chi connectivity index (χ1) is 15.7. The van der Waals surface area contributed by atoms with E-state index < -0.39 is 34.8 Å². The lowest BCUT2D eigenvalue weighted by Crippen LogP contribution is -2.51. The summed E-state index contributed by atoms with van der Waals surface area (Å²) < 4.78 is 16.3. The van der Waals surface area contributed by atoms with E-state index in [1.54, 1.807) is 11.8 Å². The van der Waals surface area contributed by atoms with Gasteiger partial charge in [-0.1, -0.05) is 12.5 Å². The van der Waals surface area contributed by atoms with Gasteiger partial charge in [0.05, 0.1) is 30.8 Å². The molecule has 1 fully saturated rings. The average molecular weight is 456 g/mol. The number of amides is 1. The van der Waals surface area contributed by atoms with E-state index in [0.29, 0.717) is 13.0 Å². The van der Waals surface area contributed by atoms with E-state index in [4.69, 9.17) is 16.7 Å². The lowest BCUT2D eigenvalue weighted by Gasteiger charge is -2.33. The van der Waals surface area contributed by atoms with Gasteiger partial charge >= 0.3 is 5.69 Å². The topological polar surface area (TPSA) is 157 Å². The van der Waals surface area contributed by atoms with Gasteiger partial charge in [0.25, 0.3) is 5.56 Å². The first-order valence-corrected chi connectivity index (χ1v) is 10.6. The highest BCUT2D eigenvalue weighted by atomic mass is 19.1. The number of carbonyl (C=O) groups excluding carboxylic acids is 2. The highest BCUT2D eigenvalue weighted by molar-refractivity contribution is 6.01. The largest absolute Gasteiger partial charge is 0.384 e. The molecule has 33 heavy (non-hydrogen) atoms. The smallest absolute Gasteiger partial charge is 0.332 e. The second-order valence-corrected chi connectivity index (χ2v) is 7.90. The minimum Gasteiger partial charge on any atom is -0.384 e. The molecule has 1 aliphatic rings. The van der Waals surface area contributed by atoms with Crippen LogP contribution in [0.1, 0.15) is 47.7 Å². The first kappa shape index (κ1) is 23.9. The third-order valence-electron chi connectivity index (χ3n) is 5.86. The van der Waals surface area contributed by atoms with E-state index in [9.17, 15) is 23.6 Å². The maximum atomic E-state index is 14.4. The summed E-state index contributed by atoms with van der Waals surface area (Å²) in [6.07, 6.45) is 2.07. The Hall–Kier alpha value is -3.78. The molecule has 2 aromatic rings. The number of benzene rings is 1. The molecule has 10 nitrogen and oxygen atoms in total. The zero-order valence-electron chi connectivity index (χ0n) is 18.2. The molecule has 11 heteroatoms. The maximum absolute atomic E-state index is 14.4. The fraction of sp³-hybridized carbons (Fsp3) is 0.409. The Bertz CT molecular complexity index is 1260. The molecule has 0 aliphatic carbocycles. The number of ketones is 1. The van der Waals surface area contributed by atoms with E-state index in [0.717, 1.165) is 28.0 Å². The number of rotatable bonds is 7. The zero-order valence-corrected chi connectivity index (χ0v) is 18.2. The molecule has 1 aliphatic heterocycles. The monoisotopic (exact) mass is 456 g/mol. The standard InChI is InChI=1S/C22H25FN6O4/c1-2-28-21(32)18(17(30)12-27-8-4-3-5-16(27)20(26)31)19(25)29(22(28)33)11-14-7-6-13(10-24)9-15(14)23/h6-7,9,16H,2-5,8,11-12,25H2,1H3,(H2,26,31)/t16-/m1/s1. The van der Waals surface area contributed by atoms with Gasteiger partial charge in [-0.05, 0) is 38.4 Å². The summed E-state index contributed by atoms with van der Waals surface area (Å²) in [5.41, 5.74) is 9.72. The molecule has 0 saturated carbocycles. The number of aromatic nitrogens is 2. The Balaban J connectivity index is 2.05. The Morgan fingerprint density at radius 1 is 1.24 bits per heavy atom. The van der Waals surface area contributed by atoms with Crippen LogP contribution in [0.5, 0.6) is 0 Å². The van der Waals surface area contributed by atoms with Crippen molar-refractivity contribution in [1.29, 1.82) is 5.26 Å². The highest BCUT2D eigenvalue weighted by Gasteiger charge is 2.31. The van der Waals surface area contributed by atoms with Crippen LogP contribution in [0, 0.1) is 17.1 Å². The molecule has 1 aromatic carbocycles. The Morgan fingerprint density at radius 2 is 1.97 bits per heavy atom. The predicted molar refractivity (Wildman–Crippen MR) is 118 cm³/mol. The average Bonchev–Trinajstić information content (AvgIpc) is 2.78. The van der Waals surface area contributed by atoms with Crippen LogP contribution >= 0.6 is 0 Å². The minimum atomic E-state index is -0.839. The van der Waals surface area contributed by atoms with Crippen molar-refractivity contribution >= 4 is 17.5 Å². The van der Waals surface area contributed by atoms with Crippen LogP contribution in [0.2, 0.25) is 0 Å². The highest BCUT2D eigenvalue weighted by Crippen LogP contribution is 2.19. The Labute approximate surface area is 188 Å². The van der Waals surface area contributed by atoms with Gasteiger partial charge in [0.1, 0.15) is 17.2 Å². The summed E-state index contributed by atoms with van der Waals surface area (Å²) >= 11 is 0. The number of hydrogen-bond donors (Lipinski definition) is 2. The summed E-state index contributed by atoms with van der Waals surface area (Å²) in [6.45, 7) is 1.39. The number of nitriles is 1. The second-order valence-electron chi connectivity index (χ2n) is 7.90. The van der Waals surface area contributed by atoms with Crippen molar-refractivity contribution in [3.63, 3.8) is 0 Å². The van der Waals surface area contributed by atoms with Crippen LogP contribution in [0.15, 0.2) is 27.8 Å². The second kappa shape index (κ2) is 9.79. The minimum absolute atomic E-state index is 0.0261. The van der Waals surface area contributed by atoms with Gasteiger partial charge in [-0.15, -0.1) is 0 Å². The Morgan fingerprint density at radius 3 is 2.58 bits per heavy atom. The van der Waals surface area contributed by atoms with E-state index in [2.05, 4.69) is 0 Å². The number of primary amides is 1. The molecule has 0 spiro atoms. The number of halogens is 1. The van der Waals surface area contributed by atoms with Gasteiger partial charge < -0.3 is 11.5 Å². The molecule has 1 amide bonds. The van der Waals surface area contributed by atoms with E-state index in [-0.39, 0.29) is 42.1 Å². The normalized spacial score (nSPS) is 16.3. The van der Waals surface area contributed by atoms with E-state index in [1.807, 2.05) is 6.07 Å². The van der Waals surface area contributed by atoms with Crippen LogP contribution in [-0.4, -0.2) is 44.9 Å². The molecular weight excluding hydrogens is 431 g/mol. The molecule has 174 valence electrons. The van der Waals surface area contributed by atoms with Crippen LogP contribution < -0.4 is 22.7 Å². The predicted octanol–water partition coefficient (Wildman–Crippen LogP) is 0.194.